The van der Waals surface area contributed by atoms with Crippen molar-refractivity contribution in [3.63, 3.8) is 0 Å². The molecule has 2 nitrogen and oxygen atoms in total. The third-order valence-corrected chi connectivity index (χ3v) is 3.79. The van der Waals surface area contributed by atoms with Gasteiger partial charge in [-0.05, 0) is 71.2 Å². The molecule has 1 unspecified atom stereocenters. The number of hydrogen-bond donors (Lipinski definition) is 1. The van der Waals surface area contributed by atoms with Gasteiger partial charge in [0.1, 0.15) is 0 Å². The number of likely N-dealkylation sites (tertiary alicyclic amines) is 1. The molecule has 0 spiro atoms. The van der Waals surface area contributed by atoms with Crippen LogP contribution in [0.25, 0.3) is 0 Å². The van der Waals surface area contributed by atoms with E-state index in [-0.39, 0.29) is 0 Å². The third kappa shape index (κ3) is 5.86. The molecular formula is C14H30N2. The molecule has 1 heterocycles. The van der Waals surface area contributed by atoms with Gasteiger partial charge in [0.15, 0.2) is 0 Å². The fourth-order valence-electron chi connectivity index (χ4n) is 2.78. The first-order chi connectivity index (χ1) is 7.86. The van der Waals surface area contributed by atoms with Crippen LogP contribution in [0.3, 0.4) is 0 Å². The highest BCUT2D eigenvalue weighted by atomic mass is 15.1. The Hall–Kier alpha value is -0.0800. The smallest absolute Gasteiger partial charge is 0.00161 e. The highest BCUT2D eigenvalue weighted by Gasteiger charge is 2.15. The second-order valence-electron chi connectivity index (χ2n) is 5.24. The summed E-state index contributed by atoms with van der Waals surface area (Å²) in [5.74, 6) is 1.02. The van der Waals surface area contributed by atoms with E-state index in [4.69, 9.17) is 0 Å². The van der Waals surface area contributed by atoms with Crippen molar-refractivity contribution in [1.82, 2.24) is 10.2 Å². The Morgan fingerprint density at radius 1 is 1.19 bits per heavy atom. The van der Waals surface area contributed by atoms with Crippen molar-refractivity contribution in [2.45, 2.75) is 51.9 Å². The van der Waals surface area contributed by atoms with Gasteiger partial charge in [0.2, 0.25) is 0 Å². The van der Waals surface area contributed by atoms with Crippen LogP contribution in [-0.4, -0.2) is 38.1 Å². The predicted molar refractivity (Wildman–Crippen MR) is 71.8 cm³/mol. The van der Waals surface area contributed by atoms with E-state index < -0.39 is 0 Å². The summed E-state index contributed by atoms with van der Waals surface area (Å²) in [6.45, 7) is 7.51. The molecule has 16 heavy (non-hydrogen) atoms. The van der Waals surface area contributed by atoms with E-state index in [2.05, 4.69) is 17.1 Å². The lowest BCUT2D eigenvalue weighted by Gasteiger charge is -2.19. The Labute approximate surface area is 102 Å². The fourth-order valence-corrected chi connectivity index (χ4v) is 2.78. The minimum absolute atomic E-state index is 1.02. The quantitative estimate of drug-likeness (QED) is 0.672. The molecule has 0 saturated carbocycles. The van der Waals surface area contributed by atoms with E-state index >= 15 is 0 Å². The molecule has 0 amide bonds. The minimum Gasteiger partial charge on any atom is -0.320 e. The van der Waals surface area contributed by atoms with Gasteiger partial charge in [0.25, 0.3) is 0 Å². The lowest BCUT2D eigenvalue weighted by atomic mass is 9.96. The van der Waals surface area contributed by atoms with Gasteiger partial charge < -0.3 is 10.2 Å². The molecule has 0 radical (unpaired) electrons. The number of nitrogens with one attached hydrogen (secondary N) is 1. The normalized spacial score (nSPS) is 23.2. The predicted octanol–water partition coefficient (Wildman–Crippen LogP) is 2.89. The Morgan fingerprint density at radius 2 is 2.06 bits per heavy atom. The molecule has 1 N–H and O–H groups in total. The molecule has 1 aliphatic rings. The zero-order valence-electron chi connectivity index (χ0n) is 11.3. The molecule has 1 atom stereocenters. The van der Waals surface area contributed by atoms with Gasteiger partial charge in [0.05, 0.1) is 0 Å². The van der Waals surface area contributed by atoms with E-state index in [0.29, 0.717) is 0 Å². The van der Waals surface area contributed by atoms with Gasteiger partial charge in [-0.1, -0.05) is 19.8 Å². The number of nitrogens with zero attached hydrogens (tertiary/aromatic N) is 1. The standard InChI is InChI=1S/C14H30N2/c1-3-7-14-8-6-12-16(13-9-14)11-5-4-10-15-2/h14-15H,3-13H2,1-2H3. The summed E-state index contributed by atoms with van der Waals surface area (Å²) in [6, 6.07) is 0. The summed E-state index contributed by atoms with van der Waals surface area (Å²) in [5.41, 5.74) is 0. The largest absolute Gasteiger partial charge is 0.320 e. The summed E-state index contributed by atoms with van der Waals surface area (Å²) in [5, 5.41) is 3.22. The van der Waals surface area contributed by atoms with E-state index in [1.807, 2.05) is 7.05 Å². The molecule has 1 rings (SSSR count). The summed E-state index contributed by atoms with van der Waals surface area (Å²) in [6.07, 6.45) is 9.85. The third-order valence-electron chi connectivity index (χ3n) is 3.79. The van der Waals surface area contributed by atoms with Crippen molar-refractivity contribution in [2.24, 2.45) is 5.92 Å². The van der Waals surface area contributed by atoms with E-state index in [1.165, 1.54) is 71.1 Å². The Bertz CT molecular complexity index is 159. The van der Waals surface area contributed by atoms with Gasteiger partial charge in [-0.2, -0.15) is 0 Å². The van der Waals surface area contributed by atoms with Gasteiger partial charge in [-0.15, -0.1) is 0 Å². The minimum atomic E-state index is 1.02. The van der Waals surface area contributed by atoms with Crippen molar-refractivity contribution in [1.29, 1.82) is 0 Å². The van der Waals surface area contributed by atoms with Crippen LogP contribution in [0.4, 0.5) is 0 Å². The van der Waals surface area contributed by atoms with Crippen LogP contribution in [-0.2, 0) is 0 Å². The molecule has 2 heteroatoms. The first-order valence-corrected chi connectivity index (χ1v) is 7.23. The van der Waals surface area contributed by atoms with Gasteiger partial charge >= 0.3 is 0 Å². The van der Waals surface area contributed by atoms with Crippen LogP contribution >= 0.6 is 0 Å². The van der Waals surface area contributed by atoms with Crippen LogP contribution in [0.15, 0.2) is 0 Å². The van der Waals surface area contributed by atoms with Crippen LogP contribution in [0.1, 0.15) is 51.9 Å². The molecule has 1 fully saturated rings. The number of hydrogen-bond acceptors (Lipinski definition) is 2. The second-order valence-corrected chi connectivity index (χ2v) is 5.24. The second kappa shape index (κ2) is 9.00. The molecule has 0 bridgehead atoms. The lowest BCUT2D eigenvalue weighted by Crippen LogP contribution is -2.26. The molecule has 0 aromatic heterocycles. The van der Waals surface area contributed by atoms with Crippen molar-refractivity contribution in [3.05, 3.63) is 0 Å². The first kappa shape index (κ1) is 14.0. The average Bonchev–Trinajstić information content (AvgIpc) is 2.51. The Morgan fingerprint density at radius 3 is 2.81 bits per heavy atom. The lowest BCUT2D eigenvalue weighted by molar-refractivity contribution is 0.273. The van der Waals surface area contributed by atoms with Crippen molar-refractivity contribution < 1.29 is 0 Å². The maximum Gasteiger partial charge on any atom is -0.00161 e. The van der Waals surface area contributed by atoms with Crippen LogP contribution < -0.4 is 5.32 Å². The highest BCUT2D eigenvalue weighted by Crippen LogP contribution is 2.21. The van der Waals surface area contributed by atoms with Gasteiger partial charge in [0, 0.05) is 0 Å². The zero-order chi connectivity index (χ0) is 11.6. The van der Waals surface area contributed by atoms with E-state index in [1.54, 1.807) is 0 Å². The van der Waals surface area contributed by atoms with E-state index in [9.17, 15) is 0 Å². The van der Waals surface area contributed by atoms with Crippen molar-refractivity contribution in [3.8, 4) is 0 Å². The maximum absolute atomic E-state index is 3.22. The molecule has 0 aromatic rings. The molecular weight excluding hydrogens is 196 g/mol. The summed E-state index contributed by atoms with van der Waals surface area (Å²) < 4.78 is 0. The van der Waals surface area contributed by atoms with Crippen LogP contribution in [0, 0.1) is 5.92 Å². The number of rotatable bonds is 7. The molecule has 0 aliphatic carbocycles. The Kier molecular flexibility index (Phi) is 7.87. The van der Waals surface area contributed by atoms with E-state index in [0.717, 1.165) is 5.92 Å². The maximum atomic E-state index is 3.22. The van der Waals surface area contributed by atoms with Crippen LogP contribution in [0.2, 0.25) is 0 Å². The van der Waals surface area contributed by atoms with Crippen molar-refractivity contribution >= 4 is 0 Å². The molecule has 0 aromatic carbocycles. The monoisotopic (exact) mass is 226 g/mol. The van der Waals surface area contributed by atoms with Gasteiger partial charge in [-0.25, -0.2) is 0 Å². The topological polar surface area (TPSA) is 15.3 Å². The number of unbranched alkanes of at least 4 members (excludes halogenated alkanes) is 1. The average molecular weight is 226 g/mol. The zero-order valence-corrected chi connectivity index (χ0v) is 11.3. The SMILES string of the molecule is CCCC1CCCN(CCCCNC)CC1. The van der Waals surface area contributed by atoms with Crippen LogP contribution in [0.5, 0.6) is 0 Å². The summed E-state index contributed by atoms with van der Waals surface area (Å²) in [7, 11) is 2.04. The molecule has 1 aliphatic heterocycles. The van der Waals surface area contributed by atoms with Gasteiger partial charge in [-0.3, -0.25) is 0 Å². The Balaban J connectivity index is 2.10. The molecule has 96 valence electrons. The summed E-state index contributed by atoms with van der Waals surface area (Å²) >= 11 is 0. The fraction of sp³-hybridized carbons (Fsp3) is 1.00. The highest BCUT2D eigenvalue weighted by molar-refractivity contribution is 4.70. The molecule has 1 saturated heterocycles. The van der Waals surface area contributed by atoms with Crippen molar-refractivity contribution in [2.75, 3.05) is 33.2 Å². The summed E-state index contributed by atoms with van der Waals surface area (Å²) in [4.78, 5) is 2.69. The first-order valence-electron chi connectivity index (χ1n) is 7.23.